The molecule has 2 heterocycles. The predicted octanol–water partition coefficient (Wildman–Crippen LogP) is 2.31. The van der Waals surface area contributed by atoms with Crippen LogP contribution in [-0.2, 0) is 6.42 Å². The van der Waals surface area contributed by atoms with E-state index in [9.17, 15) is 4.79 Å². The molecule has 29 heavy (non-hydrogen) atoms. The van der Waals surface area contributed by atoms with E-state index in [4.69, 9.17) is 9.47 Å². The molecule has 1 fully saturated rings. The Morgan fingerprint density at radius 3 is 2.66 bits per heavy atom. The number of ether oxygens (including phenoxy) is 2. The van der Waals surface area contributed by atoms with E-state index in [1.54, 1.807) is 14.2 Å². The summed E-state index contributed by atoms with van der Waals surface area (Å²) >= 11 is 0. The summed E-state index contributed by atoms with van der Waals surface area (Å²) in [6.07, 6.45) is 3.68. The first-order valence-corrected chi connectivity index (χ1v) is 9.75. The van der Waals surface area contributed by atoms with Crippen LogP contribution in [0.5, 0.6) is 11.5 Å². The van der Waals surface area contributed by atoms with E-state index in [0.717, 1.165) is 50.0 Å². The van der Waals surface area contributed by atoms with Gasteiger partial charge < -0.3 is 20.1 Å². The van der Waals surface area contributed by atoms with Gasteiger partial charge in [-0.2, -0.15) is 0 Å². The number of aryl methyl sites for hydroxylation is 1. The Bertz CT molecular complexity index is 805. The molecular weight excluding hydrogens is 394 g/mol. The van der Waals surface area contributed by atoms with Crippen molar-refractivity contribution < 1.29 is 14.3 Å². The third-order valence-electron chi connectivity index (χ3n) is 5.17. The van der Waals surface area contributed by atoms with Crippen LogP contribution in [0.1, 0.15) is 47.1 Å². The molecule has 0 unspecified atom stereocenters. The van der Waals surface area contributed by atoms with Gasteiger partial charge in [-0.15, -0.1) is 17.5 Å². The number of hydrogen-bond donors (Lipinski definition) is 2. The molecule has 0 aliphatic carbocycles. The number of piperidine rings is 1. The Balaban J connectivity index is 0.00000300. The molecule has 3 rings (SSSR count). The molecule has 1 aromatic carbocycles. The monoisotopic (exact) mass is 423 g/mol. The van der Waals surface area contributed by atoms with Crippen LogP contribution in [0.2, 0.25) is 0 Å². The quantitative estimate of drug-likeness (QED) is 0.633. The lowest BCUT2D eigenvalue weighted by Gasteiger charge is -2.23. The molecule has 1 aliphatic rings. The molecular formula is C20H30ClN5O3. The van der Waals surface area contributed by atoms with Crippen LogP contribution in [0.15, 0.2) is 18.2 Å². The first-order valence-electron chi connectivity index (χ1n) is 9.75. The smallest absolute Gasteiger partial charge is 0.273 e. The van der Waals surface area contributed by atoms with Crippen molar-refractivity contribution in [1.82, 2.24) is 25.6 Å². The van der Waals surface area contributed by atoms with Gasteiger partial charge in [0, 0.05) is 6.54 Å². The molecule has 0 bridgehead atoms. The Hall–Kier alpha value is -2.32. The van der Waals surface area contributed by atoms with E-state index in [1.165, 1.54) is 0 Å². The fourth-order valence-corrected chi connectivity index (χ4v) is 3.56. The maximum absolute atomic E-state index is 12.5. The second-order valence-corrected chi connectivity index (χ2v) is 7.00. The average molecular weight is 424 g/mol. The molecule has 160 valence electrons. The molecule has 1 aliphatic heterocycles. The van der Waals surface area contributed by atoms with Crippen LogP contribution in [0.25, 0.3) is 0 Å². The van der Waals surface area contributed by atoms with Gasteiger partial charge in [0.2, 0.25) is 0 Å². The summed E-state index contributed by atoms with van der Waals surface area (Å²) < 4.78 is 12.5. The van der Waals surface area contributed by atoms with Gasteiger partial charge in [0.05, 0.1) is 26.0 Å². The third kappa shape index (κ3) is 5.61. The van der Waals surface area contributed by atoms with Gasteiger partial charge in [-0.05, 0) is 63.4 Å². The summed E-state index contributed by atoms with van der Waals surface area (Å²) in [5.41, 5.74) is 2.40. The Morgan fingerprint density at radius 2 is 1.97 bits per heavy atom. The van der Waals surface area contributed by atoms with Crippen molar-refractivity contribution in [2.75, 3.05) is 33.9 Å². The van der Waals surface area contributed by atoms with Crippen molar-refractivity contribution >= 4 is 18.3 Å². The minimum Gasteiger partial charge on any atom is -0.493 e. The standard InChI is InChI=1S/C20H29N5O3.ClH/c1-14-19(23-24-25(14)16-8-11-21-12-9-16)20(26)22-10-4-5-15-6-7-17(27-2)18(13-15)28-3;/h6-7,13,16,21H,4-5,8-12H2,1-3H3,(H,22,26);1H. The summed E-state index contributed by atoms with van der Waals surface area (Å²) in [5.74, 6) is 1.27. The number of nitrogens with zero attached hydrogens (tertiary/aromatic N) is 3. The summed E-state index contributed by atoms with van der Waals surface area (Å²) in [4.78, 5) is 12.5. The number of nitrogens with one attached hydrogen (secondary N) is 2. The van der Waals surface area contributed by atoms with Crippen molar-refractivity contribution in [3.63, 3.8) is 0 Å². The second kappa shape index (κ2) is 11.0. The molecule has 0 atom stereocenters. The van der Waals surface area contributed by atoms with Gasteiger partial charge in [-0.1, -0.05) is 11.3 Å². The van der Waals surface area contributed by atoms with Crippen LogP contribution < -0.4 is 20.1 Å². The topological polar surface area (TPSA) is 90.3 Å². The Morgan fingerprint density at radius 1 is 1.24 bits per heavy atom. The zero-order valence-electron chi connectivity index (χ0n) is 17.2. The minimum absolute atomic E-state index is 0. The van der Waals surface area contributed by atoms with Crippen LogP contribution in [0.4, 0.5) is 0 Å². The number of benzene rings is 1. The van der Waals surface area contributed by atoms with E-state index in [2.05, 4.69) is 20.9 Å². The first-order chi connectivity index (χ1) is 13.6. The number of carbonyl (C=O) groups is 1. The number of methoxy groups -OCH3 is 2. The number of carbonyl (C=O) groups excluding carboxylic acids is 1. The van der Waals surface area contributed by atoms with Crippen molar-refractivity contribution in [3.05, 3.63) is 35.2 Å². The van der Waals surface area contributed by atoms with E-state index in [-0.39, 0.29) is 18.3 Å². The lowest BCUT2D eigenvalue weighted by atomic mass is 10.1. The van der Waals surface area contributed by atoms with E-state index in [0.29, 0.717) is 29.8 Å². The van der Waals surface area contributed by atoms with Gasteiger partial charge in [0.15, 0.2) is 17.2 Å². The van der Waals surface area contributed by atoms with Gasteiger partial charge in [-0.25, -0.2) is 4.68 Å². The molecule has 9 heteroatoms. The van der Waals surface area contributed by atoms with Gasteiger partial charge in [0.1, 0.15) is 0 Å². The highest BCUT2D eigenvalue weighted by Gasteiger charge is 2.22. The predicted molar refractivity (Wildman–Crippen MR) is 113 cm³/mol. The molecule has 0 radical (unpaired) electrons. The fraction of sp³-hybridized carbons (Fsp3) is 0.550. The van der Waals surface area contributed by atoms with Gasteiger partial charge >= 0.3 is 0 Å². The molecule has 2 N–H and O–H groups in total. The molecule has 1 saturated heterocycles. The summed E-state index contributed by atoms with van der Waals surface area (Å²) in [5, 5.41) is 14.6. The number of rotatable bonds is 8. The molecule has 2 aromatic rings. The van der Waals surface area contributed by atoms with Crippen LogP contribution in [-0.4, -0.2) is 54.8 Å². The van der Waals surface area contributed by atoms with Crippen molar-refractivity contribution in [2.24, 2.45) is 0 Å². The molecule has 0 spiro atoms. The number of amides is 1. The third-order valence-corrected chi connectivity index (χ3v) is 5.17. The van der Waals surface area contributed by atoms with Gasteiger partial charge in [-0.3, -0.25) is 4.79 Å². The second-order valence-electron chi connectivity index (χ2n) is 7.00. The lowest BCUT2D eigenvalue weighted by Crippen LogP contribution is -2.30. The zero-order chi connectivity index (χ0) is 19.9. The Kier molecular flexibility index (Phi) is 8.72. The molecule has 1 amide bonds. The zero-order valence-corrected chi connectivity index (χ0v) is 18.1. The highest BCUT2D eigenvalue weighted by atomic mass is 35.5. The summed E-state index contributed by atoms with van der Waals surface area (Å²) in [6, 6.07) is 6.20. The maximum atomic E-state index is 12.5. The van der Waals surface area contributed by atoms with E-state index >= 15 is 0 Å². The van der Waals surface area contributed by atoms with Crippen LogP contribution in [0.3, 0.4) is 0 Å². The lowest BCUT2D eigenvalue weighted by molar-refractivity contribution is 0.0947. The van der Waals surface area contributed by atoms with E-state index in [1.807, 2.05) is 29.8 Å². The molecule has 1 aromatic heterocycles. The highest BCUT2D eigenvalue weighted by Crippen LogP contribution is 2.28. The average Bonchev–Trinajstić information content (AvgIpc) is 3.12. The van der Waals surface area contributed by atoms with Crippen molar-refractivity contribution in [1.29, 1.82) is 0 Å². The van der Waals surface area contributed by atoms with Crippen molar-refractivity contribution in [2.45, 2.75) is 38.6 Å². The van der Waals surface area contributed by atoms with E-state index < -0.39 is 0 Å². The highest BCUT2D eigenvalue weighted by molar-refractivity contribution is 5.93. The number of halogens is 1. The number of aromatic nitrogens is 3. The summed E-state index contributed by atoms with van der Waals surface area (Å²) in [7, 11) is 3.25. The van der Waals surface area contributed by atoms with Crippen molar-refractivity contribution in [3.8, 4) is 11.5 Å². The number of hydrogen-bond acceptors (Lipinski definition) is 6. The molecule has 8 nitrogen and oxygen atoms in total. The Labute approximate surface area is 177 Å². The summed E-state index contributed by atoms with van der Waals surface area (Å²) in [6.45, 7) is 4.44. The maximum Gasteiger partial charge on any atom is 0.273 e. The molecule has 0 saturated carbocycles. The minimum atomic E-state index is -0.162. The van der Waals surface area contributed by atoms with Gasteiger partial charge in [0.25, 0.3) is 5.91 Å². The van der Waals surface area contributed by atoms with Crippen LogP contribution >= 0.6 is 12.4 Å². The largest absolute Gasteiger partial charge is 0.493 e. The SMILES string of the molecule is COc1ccc(CCCNC(=O)c2nnn(C3CCNCC3)c2C)cc1OC.Cl. The normalized spacial score (nSPS) is 14.2. The first kappa shape index (κ1) is 23.0. The van der Waals surface area contributed by atoms with Crippen LogP contribution in [0, 0.1) is 6.92 Å². The fourth-order valence-electron chi connectivity index (χ4n) is 3.56.